The Morgan fingerprint density at radius 3 is 1.78 bits per heavy atom. The molecule has 0 amide bonds. The Hall–Kier alpha value is -2.22. The van der Waals surface area contributed by atoms with Crippen molar-refractivity contribution in [3.05, 3.63) is 59.2 Å². The summed E-state index contributed by atoms with van der Waals surface area (Å²) in [5.41, 5.74) is 5.41. The highest BCUT2D eigenvalue weighted by atomic mass is 15.1. The molecule has 1 nitrogen and oxygen atoms in total. The van der Waals surface area contributed by atoms with Crippen LogP contribution in [0.5, 0.6) is 0 Å². The first kappa shape index (κ1) is 62.4. The van der Waals surface area contributed by atoms with Crippen molar-refractivity contribution in [2.24, 2.45) is 59.2 Å². The molecule has 1 fully saturated rings. The van der Waals surface area contributed by atoms with E-state index in [4.69, 9.17) is 6.42 Å². The van der Waals surface area contributed by atoms with Gasteiger partial charge in [0, 0.05) is 18.2 Å². The van der Waals surface area contributed by atoms with E-state index in [0.29, 0.717) is 17.8 Å². The minimum atomic E-state index is 0.643. The molecular weight excluding hydrogens is 699 g/mol. The van der Waals surface area contributed by atoms with E-state index >= 15 is 0 Å². The Balaban J connectivity index is -0.000000448. The molecule has 10 atom stereocenters. The summed E-state index contributed by atoms with van der Waals surface area (Å²) in [5, 5.41) is 0. The van der Waals surface area contributed by atoms with Crippen molar-refractivity contribution >= 4 is 0 Å². The highest BCUT2D eigenvalue weighted by molar-refractivity contribution is 5.34. The minimum absolute atomic E-state index is 0.643. The Morgan fingerprint density at radius 1 is 0.776 bits per heavy atom. The van der Waals surface area contributed by atoms with Gasteiger partial charge in [0.1, 0.15) is 0 Å². The molecular formula is C57H105N. The summed E-state index contributed by atoms with van der Waals surface area (Å²) in [7, 11) is 2.27. The zero-order valence-electron chi connectivity index (χ0n) is 43.1. The molecule has 0 radical (unpaired) electrons. The fourth-order valence-corrected chi connectivity index (χ4v) is 8.65. The third-order valence-corrected chi connectivity index (χ3v) is 13.1. The zero-order valence-corrected chi connectivity index (χ0v) is 43.1. The van der Waals surface area contributed by atoms with Crippen molar-refractivity contribution in [1.82, 2.24) is 4.90 Å². The van der Waals surface area contributed by atoms with Crippen molar-refractivity contribution in [3.63, 3.8) is 0 Å². The summed E-state index contributed by atoms with van der Waals surface area (Å²) < 4.78 is 0. The molecule has 1 aliphatic carbocycles. The lowest BCUT2D eigenvalue weighted by molar-refractivity contribution is 0.120. The Bertz CT molecular complexity index is 1160. The summed E-state index contributed by atoms with van der Waals surface area (Å²) in [6.07, 6.45) is 30.7. The van der Waals surface area contributed by atoms with Gasteiger partial charge in [0.05, 0.1) is 0 Å². The molecule has 2 rings (SSSR count). The number of hydrogen-bond donors (Lipinski definition) is 0. The van der Waals surface area contributed by atoms with Crippen LogP contribution >= 0.6 is 0 Å². The fraction of sp³-hybridized carbons (Fsp3) is 0.754. The largest absolute Gasteiger partial charge is 0.299 e. The second kappa shape index (κ2) is 38.9. The molecule has 1 heteroatoms. The average Bonchev–Trinajstić information content (AvgIpc) is 3.24. The smallest absolute Gasteiger partial charge is 0.0242 e. The molecule has 0 aliphatic heterocycles. The first-order valence-electron chi connectivity index (χ1n) is 24.5. The van der Waals surface area contributed by atoms with Crippen LogP contribution < -0.4 is 0 Å². The topological polar surface area (TPSA) is 3.24 Å². The minimum Gasteiger partial charge on any atom is -0.299 e. The third kappa shape index (κ3) is 26.8. The molecule has 7 unspecified atom stereocenters. The quantitative estimate of drug-likeness (QED) is 0.0937. The fourth-order valence-electron chi connectivity index (χ4n) is 8.65. The first-order chi connectivity index (χ1) is 27.6. The Labute approximate surface area is 368 Å². The summed E-state index contributed by atoms with van der Waals surface area (Å²) in [6, 6.07) is 9.14. The number of hydrogen-bond acceptors (Lipinski definition) is 1. The van der Waals surface area contributed by atoms with Gasteiger partial charge in [-0.3, -0.25) is 4.90 Å². The molecule has 1 aromatic carbocycles. The molecule has 1 saturated carbocycles. The average molecular weight is 804 g/mol. The van der Waals surface area contributed by atoms with Crippen LogP contribution in [0.15, 0.2) is 48.1 Å². The van der Waals surface area contributed by atoms with Crippen molar-refractivity contribution in [2.45, 2.75) is 215 Å². The van der Waals surface area contributed by atoms with Gasteiger partial charge >= 0.3 is 0 Å². The van der Waals surface area contributed by atoms with Crippen LogP contribution in [0.3, 0.4) is 0 Å². The Kier molecular flexibility index (Phi) is 41.9. The van der Waals surface area contributed by atoms with E-state index in [0.717, 1.165) is 59.6 Å². The maximum Gasteiger partial charge on any atom is 0.0242 e. The van der Waals surface area contributed by atoms with E-state index in [1.165, 1.54) is 81.8 Å². The zero-order chi connectivity index (χ0) is 46.0. The van der Waals surface area contributed by atoms with Crippen LogP contribution in [-0.2, 0) is 6.54 Å². The number of nitrogens with zero attached hydrogens (tertiary/aromatic N) is 1. The molecule has 0 saturated heterocycles. The summed E-state index contributed by atoms with van der Waals surface area (Å²) in [5.74, 6) is 10.5. The lowest BCUT2D eigenvalue weighted by Gasteiger charge is -2.38. The number of benzene rings is 1. The highest BCUT2D eigenvalue weighted by Crippen LogP contribution is 2.37. The van der Waals surface area contributed by atoms with E-state index in [9.17, 15) is 0 Å². The summed E-state index contributed by atoms with van der Waals surface area (Å²) >= 11 is 0. The van der Waals surface area contributed by atoms with Crippen LogP contribution in [0.4, 0.5) is 0 Å². The maximum absolute atomic E-state index is 5.40. The SMILES string of the molecule is C#C.C#Cc1ccc(CN(C)C2CC(C)CC(CC)C2)cc1.C=C(C)C(C)[C@@H](C)CCC(CCC)C[C@@H](C)/C(=C/CC)C(C)C(C)C[C@H](C)C(C)C.CC.CC.CC. The molecule has 0 bridgehead atoms. The second-order valence-electron chi connectivity index (χ2n) is 17.8. The molecule has 338 valence electrons. The van der Waals surface area contributed by atoms with E-state index in [2.05, 4.69) is 146 Å². The number of allylic oxidation sites excluding steroid dienone is 3. The molecule has 0 N–H and O–H groups in total. The van der Waals surface area contributed by atoms with Crippen LogP contribution in [0.25, 0.3) is 0 Å². The summed E-state index contributed by atoms with van der Waals surface area (Å²) in [4.78, 5) is 2.53. The second-order valence-corrected chi connectivity index (χ2v) is 17.8. The maximum atomic E-state index is 5.40. The van der Waals surface area contributed by atoms with E-state index in [1.54, 1.807) is 5.57 Å². The van der Waals surface area contributed by atoms with Gasteiger partial charge in [-0.2, -0.15) is 0 Å². The first-order valence-corrected chi connectivity index (χ1v) is 24.5. The van der Waals surface area contributed by atoms with Gasteiger partial charge in [-0.15, -0.1) is 19.3 Å². The van der Waals surface area contributed by atoms with Crippen molar-refractivity contribution in [3.8, 4) is 25.2 Å². The molecule has 0 heterocycles. The van der Waals surface area contributed by atoms with Crippen molar-refractivity contribution in [2.75, 3.05) is 7.05 Å². The van der Waals surface area contributed by atoms with Gasteiger partial charge in [-0.25, -0.2) is 0 Å². The van der Waals surface area contributed by atoms with Crippen LogP contribution in [0.1, 0.15) is 213 Å². The van der Waals surface area contributed by atoms with Gasteiger partial charge in [0.2, 0.25) is 0 Å². The predicted octanol–water partition coefficient (Wildman–Crippen LogP) is 18.0. The predicted molar refractivity (Wildman–Crippen MR) is 270 cm³/mol. The third-order valence-electron chi connectivity index (χ3n) is 13.1. The number of terminal acetylenes is 2. The molecule has 0 spiro atoms. The van der Waals surface area contributed by atoms with Crippen molar-refractivity contribution < 1.29 is 0 Å². The molecule has 1 aliphatic rings. The van der Waals surface area contributed by atoms with Gasteiger partial charge in [0.25, 0.3) is 0 Å². The van der Waals surface area contributed by atoms with Gasteiger partial charge in [-0.05, 0) is 136 Å². The van der Waals surface area contributed by atoms with Gasteiger partial charge < -0.3 is 0 Å². The lowest BCUT2D eigenvalue weighted by atomic mass is 9.73. The summed E-state index contributed by atoms with van der Waals surface area (Å²) in [6.45, 7) is 48.3. The normalized spacial score (nSPS) is 19.7. The standard InChI is InChI=1S/C30H58.C19H27N.3C2H6.C2H2/c1-13-15-29(18-17-23(7)27(11)22(5)6)20-26(10)30(16-14-2)28(12)25(9)19-24(8)21(3)4;1-5-16-7-9-18(10-8-16)14-20(4)19-12-15(3)11-17(6-2)13-19;4*1-2/h16,21,23-29H,5,13-15,17-20H2,1-4,6-12H3;1,7-10,15,17,19H,6,11-14H2,2-4H3;3*1-2H3;1-2H/b30-16-;;;;;/t23-,24-,25?,26+,27?,28?,29?;;;;;/m0...../s1. The highest BCUT2D eigenvalue weighted by Gasteiger charge is 2.28. The van der Waals surface area contributed by atoms with Gasteiger partial charge in [0.15, 0.2) is 0 Å². The van der Waals surface area contributed by atoms with Crippen LogP contribution in [-0.4, -0.2) is 18.0 Å². The molecule has 1 aromatic rings. The monoisotopic (exact) mass is 804 g/mol. The van der Waals surface area contributed by atoms with E-state index in [1.807, 2.05) is 53.7 Å². The Morgan fingerprint density at radius 2 is 1.33 bits per heavy atom. The van der Waals surface area contributed by atoms with Gasteiger partial charge in [-0.1, -0.05) is 192 Å². The number of rotatable bonds is 20. The van der Waals surface area contributed by atoms with Crippen LogP contribution in [0.2, 0.25) is 0 Å². The molecule has 58 heavy (non-hydrogen) atoms. The van der Waals surface area contributed by atoms with Crippen molar-refractivity contribution in [1.29, 1.82) is 0 Å². The lowest BCUT2D eigenvalue weighted by Crippen LogP contribution is -2.38. The van der Waals surface area contributed by atoms with Crippen LogP contribution in [0, 0.1) is 84.4 Å². The van der Waals surface area contributed by atoms with E-state index < -0.39 is 0 Å². The van der Waals surface area contributed by atoms with E-state index in [-0.39, 0.29) is 0 Å². The molecule has 0 aromatic heterocycles.